The van der Waals surface area contributed by atoms with Crippen LogP contribution in [0.4, 0.5) is 0 Å². The summed E-state index contributed by atoms with van der Waals surface area (Å²) in [6, 6.07) is 21.4. The third kappa shape index (κ3) is 3.01. The van der Waals surface area contributed by atoms with Gasteiger partial charge in [-0.1, -0.05) is 36.4 Å². The number of hydrogen-bond donors (Lipinski definition) is 1. The van der Waals surface area contributed by atoms with E-state index in [4.69, 9.17) is 4.74 Å². The van der Waals surface area contributed by atoms with E-state index < -0.39 is 0 Å². The zero-order valence-electron chi connectivity index (χ0n) is 13.6. The average Bonchev–Trinajstić information content (AvgIpc) is 3.04. The van der Waals surface area contributed by atoms with E-state index >= 15 is 0 Å². The number of ether oxygens (including phenoxy) is 1. The van der Waals surface area contributed by atoms with Crippen molar-refractivity contribution in [3.05, 3.63) is 77.2 Å². The van der Waals surface area contributed by atoms with Crippen molar-refractivity contribution in [3.63, 3.8) is 0 Å². The van der Waals surface area contributed by atoms with Gasteiger partial charge in [-0.05, 0) is 56.9 Å². The van der Waals surface area contributed by atoms with E-state index in [1.165, 1.54) is 32.0 Å². The van der Waals surface area contributed by atoms with Crippen molar-refractivity contribution in [3.8, 4) is 5.75 Å². The van der Waals surface area contributed by atoms with Crippen LogP contribution >= 0.6 is 11.3 Å². The van der Waals surface area contributed by atoms with Gasteiger partial charge in [0, 0.05) is 17.8 Å². The smallest absolute Gasteiger partial charge is 0.119 e. The van der Waals surface area contributed by atoms with Gasteiger partial charge in [-0.25, -0.2) is 0 Å². The van der Waals surface area contributed by atoms with Gasteiger partial charge in [-0.3, -0.25) is 0 Å². The minimum absolute atomic E-state index is 0.867. The fourth-order valence-corrected chi connectivity index (χ4v) is 3.98. The molecule has 0 aliphatic heterocycles. The number of nitrogens with one attached hydrogen (secondary N) is 1. The van der Waals surface area contributed by atoms with Crippen LogP contribution in [0.15, 0.2) is 66.0 Å². The number of hydrogen-bond acceptors (Lipinski definition) is 3. The Kier molecular flexibility index (Phi) is 4.20. The maximum Gasteiger partial charge on any atom is 0.119 e. The number of rotatable bonds is 5. The lowest BCUT2D eigenvalue weighted by molar-refractivity contribution is 0.415. The molecule has 0 fully saturated rings. The summed E-state index contributed by atoms with van der Waals surface area (Å²) >= 11 is 1.81. The average molecular weight is 333 g/mol. The first-order chi connectivity index (χ1) is 11.8. The molecule has 0 saturated carbocycles. The van der Waals surface area contributed by atoms with E-state index in [9.17, 15) is 0 Å². The molecule has 1 aromatic heterocycles. The molecule has 1 heterocycles. The Hall–Kier alpha value is -2.36. The van der Waals surface area contributed by atoms with Gasteiger partial charge in [0.15, 0.2) is 0 Å². The van der Waals surface area contributed by atoms with Crippen molar-refractivity contribution in [1.29, 1.82) is 0 Å². The minimum atomic E-state index is 0.867. The molecule has 0 bridgehead atoms. The van der Waals surface area contributed by atoms with Crippen LogP contribution < -0.4 is 10.1 Å². The molecule has 24 heavy (non-hydrogen) atoms. The lowest BCUT2D eigenvalue weighted by Crippen LogP contribution is -2.12. The zero-order chi connectivity index (χ0) is 16.4. The van der Waals surface area contributed by atoms with E-state index in [-0.39, 0.29) is 0 Å². The molecule has 3 heteroatoms. The lowest BCUT2D eigenvalue weighted by Gasteiger charge is -2.07. The summed E-state index contributed by atoms with van der Waals surface area (Å²) in [5.41, 5.74) is 2.67. The molecule has 0 saturated heterocycles. The molecular weight excluding hydrogens is 314 g/mol. The SMILES string of the molecule is COc1ccc2cc(CNCc3csc4ccccc34)ccc2c1. The van der Waals surface area contributed by atoms with E-state index in [1.54, 1.807) is 7.11 Å². The Bertz CT molecular complexity index is 989. The molecular formula is C21H19NOS. The molecule has 120 valence electrons. The Morgan fingerprint density at radius 3 is 2.67 bits per heavy atom. The number of methoxy groups -OCH3 is 1. The van der Waals surface area contributed by atoms with Crippen molar-refractivity contribution in [2.24, 2.45) is 0 Å². The van der Waals surface area contributed by atoms with Crippen LogP contribution in [0, 0.1) is 0 Å². The van der Waals surface area contributed by atoms with Crippen molar-refractivity contribution >= 4 is 32.2 Å². The standard InChI is InChI=1S/C21H19NOS/c1-23-19-9-8-16-10-15(6-7-17(16)11-19)12-22-13-18-14-24-21-5-3-2-4-20(18)21/h2-11,14,22H,12-13H2,1H3. The van der Waals surface area contributed by atoms with Crippen molar-refractivity contribution in [1.82, 2.24) is 5.32 Å². The van der Waals surface area contributed by atoms with Crippen molar-refractivity contribution in [2.45, 2.75) is 13.1 Å². The summed E-state index contributed by atoms with van der Waals surface area (Å²) < 4.78 is 6.64. The fourth-order valence-electron chi connectivity index (χ4n) is 3.02. The second kappa shape index (κ2) is 6.63. The van der Waals surface area contributed by atoms with Gasteiger partial charge < -0.3 is 10.1 Å². The molecule has 4 aromatic rings. The van der Waals surface area contributed by atoms with Gasteiger partial charge in [-0.2, -0.15) is 0 Å². The predicted molar refractivity (Wildman–Crippen MR) is 103 cm³/mol. The first kappa shape index (κ1) is 15.2. The largest absolute Gasteiger partial charge is 0.497 e. The molecule has 0 radical (unpaired) electrons. The highest BCUT2D eigenvalue weighted by Gasteiger charge is 2.03. The highest BCUT2D eigenvalue weighted by atomic mass is 32.1. The number of benzene rings is 3. The van der Waals surface area contributed by atoms with Crippen LogP contribution in [0.2, 0.25) is 0 Å². The van der Waals surface area contributed by atoms with Crippen LogP contribution in [0.1, 0.15) is 11.1 Å². The summed E-state index contributed by atoms with van der Waals surface area (Å²) in [6.07, 6.45) is 0. The van der Waals surface area contributed by atoms with Gasteiger partial charge in [0.1, 0.15) is 5.75 Å². The van der Waals surface area contributed by atoms with Crippen LogP contribution in [0.3, 0.4) is 0 Å². The number of fused-ring (bicyclic) bond motifs is 2. The third-order valence-electron chi connectivity index (χ3n) is 4.32. The molecule has 3 aromatic carbocycles. The summed E-state index contributed by atoms with van der Waals surface area (Å²) in [7, 11) is 1.70. The molecule has 4 rings (SSSR count). The van der Waals surface area contributed by atoms with Gasteiger partial charge in [-0.15, -0.1) is 11.3 Å². The monoisotopic (exact) mass is 333 g/mol. The fraction of sp³-hybridized carbons (Fsp3) is 0.143. The quantitative estimate of drug-likeness (QED) is 0.531. The summed E-state index contributed by atoms with van der Waals surface area (Å²) in [4.78, 5) is 0. The Labute approximate surface area is 145 Å². The normalized spacial score (nSPS) is 11.2. The Balaban J connectivity index is 1.46. The van der Waals surface area contributed by atoms with E-state index in [0.717, 1.165) is 18.8 Å². The highest BCUT2D eigenvalue weighted by molar-refractivity contribution is 7.17. The molecule has 2 nitrogen and oxygen atoms in total. The predicted octanol–water partition coefficient (Wildman–Crippen LogP) is 5.35. The van der Waals surface area contributed by atoms with Gasteiger partial charge in [0.2, 0.25) is 0 Å². The summed E-state index contributed by atoms with van der Waals surface area (Å²) in [5, 5.41) is 9.64. The van der Waals surface area contributed by atoms with Crippen molar-refractivity contribution in [2.75, 3.05) is 7.11 Å². The van der Waals surface area contributed by atoms with Gasteiger partial charge in [0.05, 0.1) is 7.11 Å². The molecule has 0 amide bonds. The van der Waals surface area contributed by atoms with Crippen LogP contribution in [-0.2, 0) is 13.1 Å². The lowest BCUT2D eigenvalue weighted by atomic mass is 10.1. The van der Waals surface area contributed by atoms with Crippen molar-refractivity contribution < 1.29 is 4.74 Å². The van der Waals surface area contributed by atoms with E-state index in [0.29, 0.717) is 0 Å². The topological polar surface area (TPSA) is 21.3 Å². The highest BCUT2D eigenvalue weighted by Crippen LogP contribution is 2.26. The molecule has 0 spiro atoms. The first-order valence-corrected chi connectivity index (χ1v) is 8.94. The maximum absolute atomic E-state index is 5.28. The van der Waals surface area contributed by atoms with Crippen LogP contribution in [0.5, 0.6) is 5.75 Å². The first-order valence-electron chi connectivity index (χ1n) is 8.06. The Morgan fingerprint density at radius 2 is 1.75 bits per heavy atom. The minimum Gasteiger partial charge on any atom is -0.497 e. The third-order valence-corrected chi connectivity index (χ3v) is 5.33. The molecule has 1 N–H and O–H groups in total. The van der Waals surface area contributed by atoms with Gasteiger partial charge >= 0.3 is 0 Å². The number of thiophene rings is 1. The summed E-state index contributed by atoms with van der Waals surface area (Å²) in [5.74, 6) is 0.901. The van der Waals surface area contributed by atoms with E-state index in [2.05, 4.69) is 65.3 Å². The second-order valence-corrected chi connectivity index (χ2v) is 6.82. The van der Waals surface area contributed by atoms with Gasteiger partial charge in [0.25, 0.3) is 0 Å². The summed E-state index contributed by atoms with van der Waals surface area (Å²) in [6.45, 7) is 1.76. The molecule has 0 aliphatic rings. The molecule has 0 atom stereocenters. The zero-order valence-corrected chi connectivity index (χ0v) is 14.4. The molecule has 0 aliphatic carbocycles. The van der Waals surface area contributed by atoms with E-state index in [1.807, 2.05) is 17.4 Å². The molecule has 0 unspecified atom stereocenters. The van der Waals surface area contributed by atoms with Crippen LogP contribution in [0.25, 0.3) is 20.9 Å². The van der Waals surface area contributed by atoms with Crippen LogP contribution in [-0.4, -0.2) is 7.11 Å². The maximum atomic E-state index is 5.28. The Morgan fingerprint density at radius 1 is 0.917 bits per heavy atom. The second-order valence-electron chi connectivity index (χ2n) is 5.91.